The van der Waals surface area contributed by atoms with Crippen molar-refractivity contribution in [2.24, 2.45) is 0 Å². The standard InChI is InChI=1S/C15H16N4O/c20-15(14-11-16-6-7-17-14)18-12-4-3-5-13(10-12)19-8-1-2-9-19/h3-7,10-11H,1-2,8-9H2,(H,18,20). The summed E-state index contributed by atoms with van der Waals surface area (Å²) in [5, 5.41) is 2.85. The minimum atomic E-state index is -0.239. The Morgan fingerprint density at radius 2 is 2.05 bits per heavy atom. The first-order valence-corrected chi connectivity index (χ1v) is 6.75. The number of nitrogens with zero attached hydrogens (tertiary/aromatic N) is 3. The zero-order chi connectivity index (χ0) is 13.8. The molecule has 0 bridgehead atoms. The molecule has 0 radical (unpaired) electrons. The highest BCUT2D eigenvalue weighted by molar-refractivity contribution is 6.02. The van der Waals surface area contributed by atoms with Gasteiger partial charge >= 0.3 is 0 Å². The van der Waals surface area contributed by atoms with Gasteiger partial charge in [0.15, 0.2) is 0 Å². The monoisotopic (exact) mass is 268 g/mol. The van der Waals surface area contributed by atoms with Gasteiger partial charge in [-0.1, -0.05) is 6.07 Å². The first-order chi connectivity index (χ1) is 9.83. The Balaban J connectivity index is 1.74. The Hall–Kier alpha value is -2.43. The smallest absolute Gasteiger partial charge is 0.275 e. The number of rotatable bonds is 3. The van der Waals surface area contributed by atoms with Gasteiger partial charge < -0.3 is 10.2 Å². The van der Waals surface area contributed by atoms with Crippen LogP contribution in [0.15, 0.2) is 42.9 Å². The lowest BCUT2D eigenvalue weighted by Gasteiger charge is -2.18. The van der Waals surface area contributed by atoms with Crippen LogP contribution in [0.2, 0.25) is 0 Å². The lowest BCUT2D eigenvalue weighted by molar-refractivity contribution is 0.102. The second-order valence-corrected chi connectivity index (χ2v) is 4.79. The summed E-state index contributed by atoms with van der Waals surface area (Å²) in [5.74, 6) is -0.239. The highest BCUT2D eigenvalue weighted by atomic mass is 16.1. The van der Waals surface area contributed by atoms with Gasteiger partial charge in [-0.25, -0.2) is 4.98 Å². The highest BCUT2D eigenvalue weighted by Crippen LogP contribution is 2.23. The number of anilines is 2. The summed E-state index contributed by atoms with van der Waals surface area (Å²) in [7, 11) is 0. The minimum absolute atomic E-state index is 0.239. The zero-order valence-electron chi connectivity index (χ0n) is 11.1. The van der Waals surface area contributed by atoms with Crippen molar-refractivity contribution in [3.8, 4) is 0 Å². The largest absolute Gasteiger partial charge is 0.371 e. The molecule has 0 unspecified atom stereocenters. The van der Waals surface area contributed by atoms with Gasteiger partial charge in [-0.2, -0.15) is 0 Å². The average Bonchev–Trinajstić information content (AvgIpc) is 3.03. The Bertz CT molecular complexity index is 594. The van der Waals surface area contributed by atoms with Crippen molar-refractivity contribution in [1.29, 1.82) is 0 Å². The number of hydrogen-bond acceptors (Lipinski definition) is 4. The van der Waals surface area contributed by atoms with Crippen LogP contribution in [0.1, 0.15) is 23.3 Å². The van der Waals surface area contributed by atoms with Crippen molar-refractivity contribution in [2.45, 2.75) is 12.8 Å². The van der Waals surface area contributed by atoms with E-state index >= 15 is 0 Å². The Labute approximate surface area is 117 Å². The van der Waals surface area contributed by atoms with Crippen molar-refractivity contribution < 1.29 is 4.79 Å². The van der Waals surface area contributed by atoms with Crippen molar-refractivity contribution in [1.82, 2.24) is 9.97 Å². The summed E-state index contributed by atoms with van der Waals surface area (Å²) in [5.41, 5.74) is 2.25. The van der Waals surface area contributed by atoms with Gasteiger partial charge in [0.2, 0.25) is 0 Å². The third-order valence-corrected chi connectivity index (χ3v) is 3.37. The van der Waals surface area contributed by atoms with Crippen LogP contribution in [0.5, 0.6) is 0 Å². The molecule has 1 aliphatic rings. The molecular weight excluding hydrogens is 252 g/mol. The molecule has 1 aliphatic heterocycles. The second kappa shape index (κ2) is 5.69. The molecule has 0 aliphatic carbocycles. The van der Waals surface area contributed by atoms with Crippen molar-refractivity contribution >= 4 is 17.3 Å². The molecule has 1 amide bonds. The summed E-state index contributed by atoms with van der Waals surface area (Å²) < 4.78 is 0. The summed E-state index contributed by atoms with van der Waals surface area (Å²) in [4.78, 5) is 22.2. The molecule has 5 nitrogen and oxygen atoms in total. The van der Waals surface area contributed by atoms with Crippen molar-refractivity contribution in [2.75, 3.05) is 23.3 Å². The van der Waals surface area contributed by atoms with E-state index in [2.05, 4.69) is 26.3 Å². The van der Waals surface area contributed by atoms with E-state index in [-0.39, 0.29) is 5.91 Å². The fraction of sp³-hybridized carbons (Fsp3) is 0.267. The van der Waals surface area contributed by atoms with E-state index in [1.165, 1.54) is 25.2 Å². The number of carbonyl (C=O) groups excluding carboxylic acids is 1. The molecular formula is C15H16N4O. The van der Waals surface area contributed by atoms with Gasteiger partial charge in [-0.05, 0) is 31.0 Å². The van der Waals surface area contributed by atoms with Crippen LogP contribution in [0, 0.1) is 0 Å². The molecule has 1 aromatic heterocycles. The summed E-state index contributed by atoms with van der Waals surface area (Å²) in [6.07, 6.45) is 6.98. The number of hydrogen-bond donors (Lipinski definition) is 1. The predicted molar refractivity (Wildman–Crippen MR) is 77.9 cm³/mol. The Kier molecular flexibility index (Phi) is 3.58. The SMILES string of the molecule is O=C(Nc1cccc(N2CCCC2)c1)c1cnccn1. The van der Waals surface area contributed by atoms with Crippen LogP contribution in [-0.4, -0.2) is 29.0 Å². The van der Waals surface area contributed by atoms with Crippen molar-refractivity contribution in [3.63, 3.8) is 0 Å². The van der Waals surface area contributed by atoms with Crippen LogP contribution in [-0.2, 0) is 0 Å². The van der Waals surface area contributed by atoms with Crippen LogP contribution < -0.4 is 10.2 Å². The number of nitrogens with one attached hydrogen (secondary N) is 1. The third kappa shape index (κ3) is 2.77. The summed E-state index contributed by atoms with van der Waals surface area (Å²) in [6.45, 7) is 2.17. The topological polar surface area (TPSA) is 58.1 Å². The van der Waals surface area contributed by atoms with Crippen LogP contribution in [0.25, 0.3) is 0 Å². The van der Waals surface area contributed by atoms with Crippen LogP contribution >= 0.6 is 0 Å². The highest BCUT2D eigenvalue weighted by Gasteiger charge is 2.13. The summed E-state index contributed by atoms with van der Waals surface area (Å²) in [6, 6.07) is 7.91. The van der Waals surface area contributed by atoms with Gasteiger partial charge in [-0.3, -0.25) is 9.78 Å². The van der Waals surface area contributed by atoms with E-state index in [1.807, 2.05) is 18.2 Å². The number of aromatic nitrogens is 2. The second-order valence-electron chi connectivity index (χ2n) is 4.79. The first kappa shape index (κ1) is 12.6. The van der Waals surface area contributed by atoms with E-state index in [0.717, 1.165) is 24.5 Å². The molecule has 0 atom stereocenters. The molecule has 20 heavy (non-hydrogen) atoms. The fourth-order valence-electron chi connectivity index (χ4n) is 2.37. The molecule has 1 aromatic carbocycles. The van der Waals surface area contributed by atoms with Gasteiger partial charge in [0.05, 0.1) is 6.20 Å². The maximum absolute atomic E-state index is 12.0. The molecule has 102 valence electrons. The van der Waals surface area contributed by atoms with Gasteiger partial charge in [0.25, 0.3) is 5.91 Å². The van der Waals surface area contributed by atoms with E-state index in [4.69, 9.17) is 0 Å². The minimum Gasteiger partial charge on any atom is -0.371 e. The van der Waals surface area contributed by atoms with E-state index < -0.39 is 0 Å². The molecule has 2 heterocycles. The molecule has 5 heteroatoms. The van der Waals surface area contributed by atoms with E-state index in [1.54, 1.807) is 6.20 Å². The molecule has 3 rings (SSSR count). The number of amides is 1. The fourth-order valence-corrected chi connectivity index (χ4v) is 2.37. The predicted octanol–water partition coefficient (Wildman–Crippen LogP) is 2.33. The molecule has 0 saturated carbocycles. The lowest BCUT2D eigenvalue weighted by Crippen LogP contribution is -2.18. The van der Waals surface area contributed by atoms with E-state index in [9.17, 15) is 4.79 Å². The van der Waals surface area contributed by atoms with Crippen LogP contribution in [0.3, 0.4) is 0 Å². The summed E-state index contributed by atoms with van der Waals surface area (Å²) >= 11 is 0. The normalized spacial score (nSPS) is 14.3. The lowest BCUT2D eigenvalue weighted by atomic mass is 10.2. The molecule has 2 aromatic rings. The number of carbonyl (C=O) groups is 1. The van der Waals surface area contributed by atoms with E-state index in [0.29, 0.717) is 5.69 Å². The number of benzene rings is 1. The molecule has 1 N–H and O–H groups in total. The average molecular weight is 268 g/mol. The maximum atomic E-state index is 12.0. The maximum Gasteiger partial charge on any atom is 0.275 e. The van der Waals surface area contributed by atoms with Gasteiger partial charge in [-0.15, -0.1) is 0 Å². The van der Waals surface area contributed by atoms with Crippen LogP contribution in [0.4, 0.5) is 11.4 Å². The Morgan fingerprint density at radius 3 is 2.80 bits per heavy atom. The van der Waals surface area contributed by atoms with Gasteiger partial charge in [0, 0.05) is 36.9 Å². The van der Waals surface area contributed by atoms with Crippen molar-refractivity contribution in [3.05, 3.63) is 48.5 Å². The first-order valence-electron chi connectivity index (χ1n) is 6.75. The third-order valence-electron chi connectivity index (χ3n) is 3.37. The molecule has 1 fully saturated rings. The quantitative estimate of drug-likeness (QED) is 0.928. The van der Waals surface area contributed by atoms with Gasteiger partial charge in [0.1, 0.15) is 5.69 Å². The molecule has 1 saturated heterocycles. The molecule has 0 spiro atoms. The Morgan fingerprint density at radius 1 is 1.20 bits per heavy atom. The zero-order valence-corrected chi connectivity index (χ0v) is 11.1.